The third-order valence-electron chi connectivity index (χ3n) is 7.02. The van der Waals surface area contributed by atoms with Crippen LogP contribution in [0.15, 0.2) is 187 Å². The number of hydrogen-bond acceptors (Lipinski definition) is 10. The van der Waals surface area contributed by atoms with Crippen LogP contribution < -0.4 is 33.3 Å². The Bertz CT molecular complexity index is 1850. The molecule has 1 aliphatic rings. The molecule has 1 atom stereocenters. The molecule has 0 fully saturated rings. The predicted octanol–water partition coefficient (Wildman–Crippen LogP) is 10.4. The molecule has 1 aliphatic heterocycles. The summed E-state index contributed by atoms with van der Waals surface area (Å²) in [5.74, 6) is 9.63. The van der Waals surface area contributed by atoms with Crippen LogP contribution in [0.5, 0.6) is 34.5 Å². The molecular formula is C36H33N4O6P3. The van der Waals surface area contributed by atoms with E-state index in [-0.39, 0.29) is 0 Å². The fourth-order valence-corrected chi connectivity index (χ4v) is 14.3. The van der Waals surface area contributed by atoms with Gasteiger partial charge in [0.2, 0.25) is 0 Å². The molecule has 248 valence electrons. The molecule has 10 nitrogen and oxygen atoms in total. The summed E-state index contributed by atoms with van der Waals surface area (Å²) in [6, 6.07) is 55.1. The van der Waals surface area contributed by atoms with Crippen LogP contribution >= 0.6 is 24.1 Å². The average molecular weight is 711 g/mol. The number of benzene rings is 6. The molecule has 13 heteroatoms. The van der Waals surface area contributed by atoms with E-state index in [1.807, 2.05) is 133 Å². The normalized spacial score (nSPS) is 17.7. The molecule has 1 unspecified atom stereocenters. The van der Waals surface area contributed by atoms with Crippen LogP contribution in [0.3, 0.4) is 0 Å². The van der Waals surface area contributed by atoms with Crippen molar-refractivity contribution < 1.29 is 27.5 Å². The Morgan fingerprint density at radius 1 is 0.449 bits per heavy atom. The third kappa shape index (κ3) is 6.85. The molecule has 0 aromatic heterocycles. The van der Waals surface area contributed by atoms with Crippen LogP contribution in [0, 0.1) is 0 Å². The van der Waals surface area contributed by atoms with E-state index in [1.54, 1.807) is 48.5 Å². The first-order valence-electron chi connectivity index (χ1n) is 15.3. The van der Waals surface area contributed by atoms with Crippen LogP contribution in [-0.4, -0.2) is 9.15 Å². The summed E-state index contributed by atoms with van der Waals surface area (Å²) in [5.41, 5.74) is 0. The Morgan fingerprint density at radius 2 is 0.755 bits per heavy atom. The molecule has 2 N–H and O–H groups in total. The zero-order valence-electron chi connectivity index (χ0n) is 26.1. The van der Waals surface area contributed by atoms with Crippen molar-refractivity contribution in [2.75, 3.05) is 0 Å². The van der Waals surface area contributed by atoms with E-state index in [9.17, 15) is 0 Å². The number of rotatable bonds is 12. The van der Waals surface area contributed by atoms with Gasteiger partial charge in [0.15, 0.2) is 0 Å². The van der Waals surface area contributed by atoms with Gasteiger partial charge >= 0.3 is 288 Å². The van der Waals surface area contributed by atoms with E-state index in [4.69, 9.17) is 37.8 Å². The number of hydrazine groups is 1. The van der Waals surface area contributed by atoms with E-state index < -0.39 is 24.1 Å². The molecule has 0 amide bonds. The van der Waals surface area contributed by atoms with Crippen LogP contribution in [0.4, 0.5) is 0 Å². The van der Waals surface area contributed by atoms with Gasteiger partial charge in [-0.2, -0.15) is 0 Å². The van der Waals surface area contributed by atoms with Crippen molar-refractivity contribution in [3.63, 3.8) is 0 Å². The molecule has 0 radical (unpaired) electrons. The third-order valence-corrected chi connectivity index (χ3v) is 15.8. The van der Waals surface area contributed by atoms with Crippen molar-refractivity contribution in [2.24, 2.45) is 10.4 Å². The van der Waals surface area contributed by atoms with E-state index in [0.717, 1.165) is 0 Å². The average Bonchev–Trinajstić information content (AvgIpc) is 3.15. The first-order valence-corrected chi connectivity index (χ1v) is 19.6. The molecular weight excluding hydrogens is 677 g/mol. The van der Waals surface area contributed by atoms with Crippen molar-refractivity contribution >= 4 is 24.1 Å². The Balaban J connectivity index is 1.57. The fourth-order valence-electron chi connectivity index (χ4n) is 4.83. The number of nitrogens with zero attached hydrogens (tertiary/aromatic N) is 3. The number of hydrogen-bond donors (Lipinski definition) is 1. The zero-order valence-corrected chi connectivity index (χ0v) is 28.9. The first kappa shape index (κ1) is 32.6. The second-order valence-electron chi connectivity index (χ2n) is 10.5. The Kier molecular flexibility index (Phi) is 9.52. The number of para-hydroxylation sites is 6. The van der Waals surface area contributed by atoms with Crippen LogP contribution in [0.2, 0.25) is 0 Å². The molecule has 49 heavy (non-hydrogen) atoms. The summed E-state index contributed by atoms with van der Waals surface area (Å²) in [6.45, 7) is 0. The second kappa shape index (κ2) is 14.3. The van der Waals surface area contributed by atoms with Gasteiger partial charge in [0.05, 0.1) is 0 Å². The second-order valence-corrected chi connectivity index (χ2v) is 17.3. The van der Waals surface area contributed by atoms with Gasteiger partial charge < -0.3 is 0 Å². The van der Waals surface area contributed by atoms with Crippen molar-refractivity contribution in [3.05, 3.63) is 182 Å². The van der Waals surface area contributed by atoms with Gasteiger partial charge in [-0.1, -0.05) is 0 Å². The summed E-state index contributed by atoms with van der Waals surface area (Å²) in [4.78, 5) is 6.93. The van der Waals surface area contributed by atoms with Gasteiger partial charge in [0.1, 0.15) is 0 Å². The Hall–Kier alpha value is -4.91. The monoisotopic (exact) mass is 710 g/mol. The van der Waals surface area contributed by atoms with Crippen molar-refractivity contribution in [3.8, 4) is 34.5 Å². The van der Waals surface area contributed by atoms with Gasteiger partial charge in [-0.15, -0.1) is 0 Å². The van der Waals surface area contributed by atoms with E-state index in [1.165, 1.54) is 9.15 Å². The number of nitrogens with two attached hydrogens (primary N) is 1. The summed E-state index contributed by atoms with van der Waals surface area (Å²) in [5, 5.41) is 0. The summed E-state index contributed by atoms with van der Waals surface area (Å²) in [7, 11) is -9.90. The van der Waals surface area contributed by atoms with E-state index in [0.29, 0.717) is 34.5 Å². The molecule has 0 bridgehead atoms. The Labute approximate surface area is 286 Å². The molecule has 0 spiro atoms. The molecule has 1 heterocycles. The summed E-state index contributed by atoms with van der Waals surface area (Å²) in [6.07, 6.45) is 0. The molecule has 6 aromatic carbocycles. The van der Waals surface area contributed by atoms with Crippen molar-refractivity contribution in [1.82, 2.24) is 9.15 Å². The van der Waals surface area contributed by atoms with Crippen molar-refractivity contribution in [1.29, 1.82) is 0 Å². The van der Waals surface area contributed by atoms with Gasteiger partial charge in [0, 0.05) is 0 Å². The molecule has 7 rings (SSSR count). The first-order chi connectivity index (χ1) is 24.1. The maximum atomic E-state index is 7.17. The Morgan fingerprint density at radius 3 is 1.10 bits per heavy atom. The fraction of sp³-hybridized carbons (Fsp3) is 0. The molecule has 0 saturated heterocycles. The molecule has 6 aromatic rings. The SMILES string of the molecule is NN1PN=P(Oc2ccccc2)(Oc2ccccc2)N(Oc2ccccc2)P1(Oc1ccccc1)(Oc1ccccc1)Oc1ccccc1. The zero-order chi connectivity index (χ0) is 33.4. The molecule has 0 saturated carbocycles. The van der Waals surface area contributed by atoms with Gasteiger partial charge in [0.25, 0.3) is 0 Å². The quantitative estimate of drug-likeness (QED) is 0.0982. The predicted molar refractivity (Wildman–Crippen MR) is 195 cm³/mol. The van der Waals surface area contributed by atoms with Crippen molar-refractivity contribution in [2.45, 2.75) is 0 Å². The van der Waals surface area contributed by atoms with E-state index in [2.05, 4.69) is 0 Å². The maximum absolute atomic E-state index is 7.17. The van der Waals surface area contributed by atoms with Crippen LogP contribution in [-0.2, 0) is 0 Å². The van der Waals surface area contributed by atoms with Crippen LogP contribution in [0.1, 0.15) is 0 Å². The minimum absolute atomic E-state index is 0.383. The summed E-state index contributed by atoms with van der Waals surface area (Å²) < 4.78 is 43.1. The van der Waals surface area contributed by atoms with Gasteiger partial charge in [-0.3, -0.25) is 0 Å². The minimum atomic E-state index is -5.42. The van der Waals surface area contributed by atoms with Crippen LogP contribution in [0.25, 0.3) is 0 Å². The van der Waals surface area contributed by atoms with Gasteiger partial charge in [-0.05, 0) is 0 Å². The van der Waals surface area contributed by atoms with Gasteiger partial charge in [-0.25, -0.2) is 0 Å². The standard InChI is InChI=1S/C36H33N4O6P3/c37-39-47-38-48(42-32-21-9-2-10-22-32,43-33-23-11-3-12-24-33)40(41-31-19-7-1-8-20-31)49(39,44-34-25-13-4-14-26-34,45-35-27-15-5-16-28-35)46-36-29-17-6-18-30-36/h1-30,47H,37H2. The molecule has 0 aliphatic carbocycles. The summed E-state index contributed by atoms with van der Waals surface area (Å²) >= 11 is 0. The topological polar surface area (TPSA) is 100 Å². The van der Waals surface area contributed by atoms with E-state index >= 15 is 0 Å².